The van der Waals surface area contributed by atoms with E-state index in [9.17, 15) is 4.79 Å². The van der Waals surface area contributed by atoms with Gasteiger partial charge in [-0.15, -0.1) is 9.24 Å². The van der Waals surface area contributed by atoms with E-state index in [4.69, 9.17) is 0 Å². The van der Waals surface area contributed by atoms with Gasteiger partial charge in [-0.05, 0) is 41.3 Å². The summed E-state index contributed by atoms with van der Waals surface area (Å²) in [4.78, 5) is 13.0. The molecule has 0 radical (unpaired) electrons. The number of hydrogen-bond acceptors (Lipinski definition) is 1. The molecule has 2 aromatic rings. The molecule has 0 fully saturated rings. The monoisotopic (exact) mass is 412 g/mol. The van der Waals surface area contributed by atoms with Crippen molar-refractivity contribution in [2.75, 3.05) is 0 Å². The quantitative estimate of drug-likeness (QED) is 0.483. The van der Waals surface area contributed by atoms with E-state index in [-0.39, 0.29) is 5.92 Å². The highest BCUT2D eigenvalue weighted by molar-refractivity contribution is 7.28. The van der Waals surface area contributed by atoms with Crippen LogP contribution in [0.2, 0.25) is 0 Å². The van der Waals surface area contributed by atoms with E-state index in [1.54, 1.807) is 0 Å². The molecule has 2 aliphatic rings. The number of carbonyl (C=O) groups excluding carboxylic acids is 1. The molecule has 0 aliphatic heterocycles. The van der Waals surface area contributed by atoms with Crippen molar-refractivity contribution in [2.24, 2.45) is 5.92 Å². The zero-order valence-corrected chi connectivity index (χ0v) is 18.7. The fraction of sp³-hybridized carbons (Fsp3) is 0.250. The van der Waals surface area contributed by atoms with Crippen molar-refractivity contribution in [2.45, 2.75) is 38.5 Å². The van der Waals surface area contributed by atoms with E-state index in [0.717, 1.165) is 30.1 Å². The van der Waals surface area contributed by atoms with Gasteiger partial charge in [0.25, 0.3) is 0 Å². The number of ketones is 1. The van der Waals surface area contributed by atoms with E-state index in [2.05, 4.69) is 88.2 Å². The normalized spacial score (nSPS) is 19.2. The first-order chi connectivity index (χ1) is 14.6. The zero-order valence-electron chi connectivity index (χ0n) is 17.6. The minimum atomic E-state index is -0.0909. The zero-order chi connectivity index (χ0) is 20.9. The minimum Gasteiger partial charge on any atom is -0.299 e. The third-order valence-electron chi connectivity index (χ3n) is 6.27. The first-order valence-corrected chi connectivity index (χ1v) is 11.4. The lowest BCUT2D eigenvalue weighted by atomic mass is 9.83. The highest BCUT2D eigenvalue weighted by Gasteiger charge is 2.20. The SMILES string of the molecule is C[C@@H](C(=O)CC1=CC=C([C@H]2C=CC=CC2)CC1)c1ccc(-c2ccccc2)c(P)c1. The van der Waals surface area contributed by atoms with Gasteiger partial charge in [0.2, 0.25) is 0 Å². The van der Waals surface area contributed by atoms with Crippen LogP contribution in [-0.2, 0) is 4.79 Å². The Balaban J connectivity index is 1.42. The molecule has 0 amide bonds. The number of benzene rings is 2. The van der Waals surface area contributed by atoms with Crippen molar-refractivity contribution in [1.82, 2.24) is 0 Å². The number of Topliss-reactive ketones (excluding diaryl/α,β-unsaturated/α-hetero) is 1. The van der Waals surface area contributed by atoms with E-state index in [1.165, 1.54) is 22.3 Å². The van der Waals surface area contributed by atoms with Gasteiger partial charge in [-0.3, -0.25) is 4.79 Å². The molecule has 0 spiro atoms. The van der Waals surface area contributed by atoms with Crippen LogP contribution in [0.15, 0.2) is 96.1 Å². The van der Waals surface area contributed by atoms with Crippen LogP contribution in [0.4, 0.5) is 0 Å². The van der Waals surface area contributed by atoms with E-state index in [0.29, 0.717) is 18.1 Å². The summed E-state index contributed by atoms with van der Waals surface area (Å²) in [6, 6.07) is 16.8. The van der Waals surface area contributed by atoms with Crippen LogP contribution < -0.4 is 5.30 Å². The Kier molecular flexibility index (Phi) is 6.60. The molecule has 3 atom stereocenters. The lowest BCUT2D eigenvalue weighted by Gasteiger charge is -2.22. The van der Waals surface area contributed by atoms with Crippen LogP contribution >= 0.6 is 9.24 Å². The van der Waals surface area contributed by atoms with Crippen LogP contribution in [0.5, 0.6) is 0 Å². The topological polar surface area (TPSA) is 17.1 Å². The molecular weight excluding hydrogens is 383 g/mol. The lowest BCUT2D eigenvalue weighted by Crippen LogP contribution is -2.13. The van der Waals surface area contributed by atoms with Crippen LogP contribution in [0, 0.1) is 5.92 Å². The third-order valence-corrected chi connectivity index (χ3v) is 6.75. The maximum absolute atomic E-state index is 13.0. The predicted molar refractivity (Wildman–Crippen MR) is 131 cm³/mol. The second-order valence-electron chi connectivity index (χ2n) is 8.30. The van der Waals surface area contributed by atoms with Gasteiger partial charge < -0.3 is 0 Å². The average molecular weight is 413 g/mol. The van der Waals surface area contributed by atoms with Crippen molar-refractivity contribution in [3.8, 4) is 11.1 Å². The van der Waals surface area contributed by atoms with Gasteiger partial charge in [-0.1, -0.05) is 103 Å². The Bertz CT molecular complexity index is 1040. The Hall–Kier alpha value is -2.50. The average Bonchev–Trinajstić information content (AvgIpc) is 2.80. The summed E-state index contributed by atoms with van der Waals surface area (Å²) in [5.74, 6) is 0.744. The van der Waals surface area contributed by atoms with E-state index in [1.807, 2.05) is 13.0 Å². The summed E-state index contributed by atoms with van der Waals surface area (Å²) < 4.78 is 0. The molecule has 2 aliphatic carbocycles. The fourth-order valence-electron chi connectivity index (χ4n) is 4.30. The molecule has 2 heteroatoms. The molecule has 2 aromatic carbocycles. The number of rotatable bonds is 6. The van der Waals surface area contributed by atoms with Gasteiger partial charge in [0.1, 0.15) is 5.78 Å². The predicted octanol–water partition coefficient (Wildman–Crippen LogP) is 6.70. The molecule has 0 heterocycles. The Morgan fingerprint density at radius 2 is 1.90 bits per heavy atom. The molecule has 0 bridgehead atoms. The number of hydrogen-bond donors (Lipinski definition) is 0. The molecule has 1 nitrogen and oxygen atoms in total. The summed E-state index contributed by atoms with van der Waals surface area (Å²) >= 11 is 0. The van der Waals surface area contributed by atoms with Crippen molar-refractivity contribution in [1.29, 1.82) is 0 Å². The maximum Gasteiger partial charge on any atom is 0.144 e. The third kappa shape index (κ3) is 4.79. The maximum atomic E-state index is 13.0. The van der Waals surface area contributed by atoms with Gasteiger partial charge >= 0.3 is 0 Å². The van der Waals surface area contributed by atoms with Crippen molar-refractivity contribution in [3.05, 3.63) is 102 Å². The van der Waals surface area contributed by atoms with Gasteiger partial charge in [0.15, 0.2) is 0 Å². The highest BCUT2D eigenvalue weighted by atomic mass is 31.0. The summed E-state index contributed by atoms with van der Waals surface area (Å²) in [6.45, 7) is 2.04. The standard InChI is InChI=1S/C28H29OP/c1-20(25-16-17-26(28(30)19-25)24-10-6-3-7-11-24)27(29)18-21-12-14-23(15-13-21)22-8-4-2-5-9-22/h2-8,10-12,14,16-17,19-20,22H,9,13,15,18,30H2,1H3/t20-,22+/m1/s1. The summed E-state index contributed by atoms with van der Waals surface area (Å²) in [5.41, 5.74) is 6.24. The molecular formula is C28H29OP. The second kappa shape index (κ2) is 9.54. The van der Waals surface area contributed by atoms with E-state index < -0.39 is 0 Å². The molecule has 152 valence electrons. The fourth-order valence-corrected chi connectivity index (χ4v) is 4.76. The Morgan fingerprint density at radius 1 is 1.07 bits per heavy atom. The molecule has 4 rings (SSSR count). The van der Waals surface area contributed by atoms with Crippen LogP contribution in [0.1, 0.15) is 44.1 Å². The van der Waals surface area contributed by atoms with Crippen LogP contribution in [0.3, 0.4) is 0 Å². The first kappa shape index (κ1) is 20.8. The van der Waals surface area contributed by atoms with Crippen molar-refractivity contribution < 1.29 is 4.79 Å². The van der Waals surface area contributed by atoms with Crippen LogP contribution in [0.25, 0.3) is 11.1 Å². The molecule has 0 saturated carbocycles. The van der Waals surface area contributed by atoms with Gasteiger partial charge in [0, 0.05) is 18.3 Å². The molecule has 30 heavy (non-hydrogen) atoms. The first-order valence-electron chi connectivity index (χ1n) is 10.8. The molecule has 1 unspecified atom stereocenters. The lowest BCUT2D eigenvalue weighted by molar-refractivity contribution is -0.119. The largest absolute Gasteiger partial charge is 0.299 e. The minimum absolute atomic E-state index is 0.0909. The second-order valence-corrected chi connectivity index (χ2v) is 8.92. The molecule has 0 N–H and O–H groups in total. The Morgan fingerprint density at radius 3 is 2.57 bits per heavy atom. The van der Waals surface area contributed by atoms with Crippen molar-refractivity contribution >= 4 is 20.3 Å². The number of carbonyl (C=O) groups is 1. The summed E-state index contributed by atoms with van der Waals surface area (Å²) in [5, 5.41) is 1.14. The Labute approximate surface area is 182 Å². The summed E-state index contributed by atoms with van der Waals surface area (Å²) in [7, 11) is 2.83. The van der Waals surface area contributed by atoms with Gasteiger partial charge in [-0.25, -0.2) is 0 Å². The highest BCUT2D eigenvalue weighted by Crippen LogP contribution is 2.31. The molecule has 0 saturated heterocycles. The molecule has 0 aromatic heterocycles. The smallest absolute Gasteiger partial charge is 0.144 e. The van der Waals surface area contributed by atoms with E-state index >= 15 is 0 Å². The van der Waals surface area contributed by atoms with Gasteiger partial charge in [-0.2, -0.15) is 0 Å². The number of allylic oxidation sites excluding steroid dienone is 8. The van der Waals surface area contributed by atoms with Crippen LogP contribution in [-0.4, -0.2) is 5.78 Å². The van der Waals surface area contributed by atoms with Gasteiger partial charge in [0.05, 0.1) is 0 Å². The summed E-state index contributed by atoms with van der Waals surface area (Å²) in [6.07, 6.45) is 16.9. The van der Waals surface area contributed by atoms with Crippen molar-refractivity contribution in [3.63, 3.8) is 0 Å².